The highest BCUT2D eigenvalue weighted by molar-refractivity contribution is 6.22. The first-order chi connectivity index (χ1) is 30.1. The second-order valence-corrected chi connectivity index (χ2v) is 11.7. The van der Waals surface area contributed by atoms with E-state index in [1.807, 2.05) is 91.0 Å². The third-order valence-corrected chi connectivity index (χ3v) is 9.03. The first kappa shape index (κ1) is 17.1. The Bertz CT molecular complexity index is 3590. The summed E-state index contributed by atoms with van der Waals surface area (Å²) in [7, 11) is 0. The molecule has 0 bridgehead atoms. The summed E-state index contributed by atoms with van der Waals surface area (Å²) in [6.07, 6.45) is 0. The van der Waals surface area contributed by atoms with Crippen LogP contribution in [0.4, 0.5) is 0 Å². The Hall–Kier alpha value is -6.44. The van der Waals surface area contributed by atoms with Gasteiger partial charge in [-0.25, -0.2) is 0 Å². The van der Waals surface area contributed by atoms with Gasteiger partial charge in [-0.05, 0) is 95.6 Å². The fourth-order valence-corrected chi connectivity index (χ4v) is 6.90. The van der Waals surface area contributed by atoms with Crippen LogP contribution in [0, 0.1) is 0 Å². The van der Waals surface area contributed by atoms with Crippen molar-refractivity contribution in [1.82, 2.24) is 0 Å². The molecule has 1 heterocycles. The molecule has 9 aromatic carbocycles. The van der Waals surface area contributed by atoms with E-state index in [4.69, 9.17) is 19.5 Å². The minimum absolute atomic E-state index is 0.0656. The molecule has 0 saturated heterocycles. The standard InChI is InChI=1S/C48H30O/c1-3-13-31(14-4-1)36-26-24-34(29-44(36)32-15-5-2-6-16-32)46-39-19-9-11-21-41(39)47(42-22-12-10-20-40(42)46)35-25-27-38-43-28-23-33-17-7-8-18-37(33)48(43)49-45(38)30-35/h1-30H/i1D,3D,4D,7D,8D,13D,14D,17D,18D,23D,25D,27D,28D,30D. The molecule has 10 rings (SSSR count). The van der Waals surface area contributed by atoms with Gasteiger partial charge in [-0.15, -0.1) is 0 Å². The van der Waals surface area contributed by atoms with E-state index in [0.29, 0.717) is 27.5 Å². The lowest BCUT2D eigenvalue weighted by Gasteiger charge is -2.19. The molecule has 0 fully saturated rings. The fourth-order valence-electron chi connectivity index (χ4n) is 6.90. The Morgan fingerprint density at radius 1 is 0.388 bits per heavy atom. The molecule has 1 nitrogen and oxygen atoms in total. The summed E-state index contributed by atoms with van der Waals surface area (Å²) in [5.41, 5.74) is 3.62. The summed E-state index contributed by atoms with van der Waals surface area (Å²) in [6, 6.07) is 23.8. The maximum Gasteiger partial charge on any atom is 0.143 e. The van der Waals surface area contributed by atoms with Crippen molar-refractivity contribution in [3.05, 3.63) is 182 Å². The monoisotopic (exact) mass is 636 g/mol. The van der Waals surface area contributed by atoms with Crippen LogP contribution in [0.2, 0.25) is 0 Å². The molecule has 1 heteroatoms. The second kappa shape index (κ2) is 11.1. The molecule has 0 amide bonds. The largest absolute Gasteiger partial charge is 0.455 e. The van der Waals surface area contributed by atoms with E-state index < -0.39 is 54.4 Å². The summed E-state index contributed by atoms with van der Waals surface area (Å²) >= 11 is 0. The van der Waals surface area contributed by atoms with Crippen molar-refractivity contribution in [2.24, 2.45) is 0 Å². The van der Waals surface area contributed by atoms with Crippen molar-refractivity contribution >= 4 is 54.3 Å². The first-order valence-corrected chi connectivity index (χ1v) is 15.7. The number of furan rings is 1. The van der Waals surface area contributed by atoms with Crippen molar-refractivity contribution in [2.75, 3.05) is 0 Å². The van der Waals surface area contributed by atoms with Gasteiger partial charge in [-0.1, -0.05) is 157 Å². The minimum Gasteiger partial charge on any atom is -0.455 e. The molecule has 0 aliphatic rings. The molecule has 0 saturated carbocycles. The molecule has 0 aliphatic heterocycles. The molecule has 0 radical (unpaired) electrons. The Morgan fingerprint density at radius 3 is 1.76 bits per heavy atom. The lowest BCUT2D eigenvalue weighted by Crippen LogP contribution is -1.92. The summed E-state index contributed by atoms with van der Waals surface area (Å²) in [4.78, 5) is 0. The zero-order valence-corrected chi connectivity index (χ0v) is 25.6. The van der Waals surface area contributed by atoms with Crippen molar-refractivity contribution in [3.8, 4) is 44.5 Å². The van der Waals surface area contributed by atoms with Crippen molar-refractivity contribution in [3.63, 3.8) is 0 Å². The maximum absolute atomic E-state index is 9.70. The average molecular weight is 637 g/mol. The minimum atomic E-state index is -0.572. The van der Waals surface area contributed by atoms with Gasteiger partial charge in [0.15, 0.2) is 0 Å². The third kappa shape index (κ3) is 4.40. The SMILES string of the molecule is [2H]c1c([2H])c([2H])c(-c2ccc(-c3c4ccccc4c(-c4c([2H])c([2H])c5c(oc6c7c([2H])c([2H])c([2H])c([2H])c7c([2H])c([2H])c65)c4[2H])c4ccccc34)cc2-c2ccccc2)c([2H])c1[2H]. The summed E-state index contributed by atoms with van der Waals surface area (Å²) in [6.45, 7) is 0. The zero-order chi connectivity index (χ0) is 44.5. The molecule has 0 unspecified atom stereocenters. The fraction of sp³-hybridized carbons (Fsp3) is 0. The topological polar surface area (TPSA) is 13.1 Å². The van der Waals surface area contributed by atoms with Crippen LogP contribution in [0.5, 0.6) is 0 Å². The number of hydrogen-bond acceptors (Lipinski definition) is 1. The molecular weight excluding hydrogens is 593 g/mol. The first-order valence-electron chi connectivity index (χ1n) is 22.7. The normalized spacial score (nSPS) is 15.7. The van der Waals surface area contributed by atoms with Gasteiger partial charge in [-0.2, -0.15) is 0 Å². The number of hydrogen-bond donors (Lipinski definition) is 0. The Kier molecular flexibility index (Phi) is 3.87. The zero-order valence-electron chi connectivity index (χ0n) is 39.6. The highest BCUT2D eigenvalue weighted by Crippen LogP contribution is 2.46. The van der Waals surface area contributed by atoms with Gasteiger partial charge in [0, 0.05) is 16.2 Å². The third-order valence-electron chi connectivity index (χ3n) is 9.03. The van der Waals surface area contributed by atoms with Gasteiger partial charge >= 0.3 is 0 Å². The van der Waals surface area contributed by atoms with E-state index in [9.17, 15) is 4.11 Å². The molecule has 228 valence electrons. The summed E-state index contributed by atoms with van der Waals surface area (Å²) in [5, 5.41) is 2.20. The van der Waals surface area contributed by atoms with E-state index >= 15 is 0 Å². The Balaban J connectivity index is 1.29. The van der Waals surface area contributed by atoms with E-state index in [1.54, 1.807) is 6.07 Å². The van der Waals surface area contributed by atoms with Crippen LogP contribution in [0.25, 0.3) is 98.8 Å². The number of rotatable bonds is 4. The predicted molar refractivity (Wildman–Crippen MR) is 208 cm³/mol. The van der Waals surface area contributed by atoms with Gasteiger partial charge < -0.3 is 4.42 Å². The highest BCUT2D eigenvalue weighted by atomic mass is 16.3. The van der Waals surface area contributed by atoms with Crippen LogP contribution in [-0.2, 0) is 0 Å². The van der Waals surface area contributed by atoms with Crippen molar-refractivity contribution in [2.45, 2.75) is 0 Å². The molecule has 1 aromatic heterocycles. The van der Waals surface area contributed by atoms with Crippen molar-refractivity contribution < 1.29 is 23.6 Å². The van der Waals surface area contributed by atoms with Gasteiger partial charge in [0.05, 0.1) is 19.2 Å². The average Bonchev–Trinajstić information content (AvgIpc) is 3.71. The van der Waals surface area contributed by atoms with Gasteiger partial charge in [-0.3, -0.25) is 0 Å². The Labute approximate surface area is 304 Å². The van der Waals surface area contributed by atoms with Crippen LogP contribution in [-0.4, -0.2) is 0 Å². The molecule has 0 aliphatic carbocycles. The summed E-state index contributed by atoms with van der Waals surface area (Å²) < 4.78 is 129. The van der Waals surface area contributed by atoms with Gasteiger partial charge in [0.25, 0.3) is 0 Å². The van der Waals surface area contributed by atoms with Crippen LogP contribution in [0.15, 0.2) is 186 Å². The smallest absolute Gasteiger partial charge is 0.143 e. The summed E-state index contributed by atoms with van der Waals surface area (Å²) in [5.74, 6) is 0. The second-order valence-electron chi connectivity index (χ2n) is 11.7. The quantitative estimate of drug-likeness (QED) is 0.175. The van der Waals surface area contributed by atoms with E-state index in [1.165, 1.54) is 0 Å². The predicted octanol–water partition coefficient (Wildman–Crippen LogP) is 13.7. The highest BCUT2D eigenvalue weighted by Gasteiger charge is 2.19. The van der Waals surface area contributed by atoms with Crippen molar-refractivity contribution in [1.29, 1.82) is 0 Å². The van der Waals surface area contributed by atoms with E-state index in [-0.39, 0.29) is 74.0 Å². The number of benzene rings is 9. The van der Waals surface area contributed by atoms with Crippen LogP contribution in [0.3, 0.4) is 0 Å². The molecular formula is C48H30O. The molecule has 0 N–H and O–H groups in total. The van der Waals surface area contributed by atoms with Gasteiger partial charge in [0.1, 0.15) is 11.2 Å². The maximum atomic E-state index is 9.70. The van der Waals surface area contributed by atoms with E-state index in [0.717, 1.165) is 27.5 Å². The van der Waals surface area contributed by atoms with Crippen LogP contribution >= 0.6 is 0 Å². The van der Waals surface area contributed by atoms with Gasteiger partial charge in [0.2, 0.25) is 0 Å². The number of fused-ring (bicyclic) bond motifs is 7. The lowest BCUT2D eigenvalue weighted by atomic mass is 9.84. The molecule has 0 spiro atoms. The van der Waals surface area contributed by atoms with Crippen LogP contribution in [0.1, 0.15) is 19.2 Å². The lowest BCUT2D eigenvalue weighted by molar-refractivity contribution is 0.673. The Morgan fingerprint density at radius 2 is 1.02 bits per heavy atom. The molecule has 49 heavy (non-hydrogen) atoms. The molecule has 0 atom stereocenters. The molecule has 10 aromatic rings. The van der Waals surface area contributed by atoms with E-state index in [2.05, 4.69) is 0 Å². The van der Waals surface area contributed by atoms with Crippen LogP contribution < -0.4 is 0 Å².